The number of non-ortho nitro benzene ring substituents is 1. The lowest BCUT2D eigenvalue weighted by atomic mass is 9.65. The van der Waals surface area contributed by atoms with E-state index in [0.29, 0.717) is 0 Å². The van der Waals surface area contributed by atoms with E-state index in [4.69, 9.17) is 0 Å². The summed E-state index contributed by atoms with van der Waals surface area (Å²) in [4.78, 5) is 13.3. The second-order valence-corrected chi connectivity index (χ2v) is 8.01. The fourth-order valence-corrected chi connectivity index (χ4v) is 4.72. The summed E-state index contributed by atoms with van der Waals surface area (Å²) in [5.74, 6) is 0. The van der Waals surface area contributed by atoms with E-state index in [9.17, 15) is 10.1 Å². The van der Waals surface area contributed by atoms with Gasteiger partial charge < -0.3 is 4.90 Å². The first-order valence-corrected chi connectivity index (χ1v) is 11.3. The first-order chi connectivity index (χ1) is 16.1. The minimum atomic E-state index is -0.612. The van der Waals surface area contributed by atoms with Gasteiger partial charge in [-0.3, -0.25) is 10.1 Å². The van der Waals surface area contributed by atoms with Crippen molar-refractivity contribution in [1.82, 2.24) is 0 Å². The number of rotatable bonds is 8. The maximum atomic E-state index is 11.3. The number of hydrogen-bond acceptors (Lipinski definition) is 3. The van der Waals surface area contributed by atoms with E-state index in [-0.39, 0.29) is 10.6 Å². The summed E-state index contributed by atoms with van der Waals surface area (Å²) in [5, 5.41) is 11.3. The van der Waals surface area contributed by atoms with Crippen LogP contribution in [-0.2, 0) is 5.41 Å². The topological polar surface area (TPSA) is 46.4 Å². The van der Waals surface area contributed by atoms with Gasteiger partial charge >= 0.3 is 0 Å². The van der Waals surface area contributed by atoms with Gasteiger partial charge in [0.05, 0.1) is 10.3 Å². The van der Waals surface area contributed by atoms with Crippen molar-refractivity contribution in [2.24, 2.45) is 0 Å². The lowest BCUT2D eigenvalue weighted by Crippen LogP contribution is -2.31. The summed E-state index contributed by atoms with van der Waals surface area (Å²) in [6, 6.07) is 36.4. The Kier molecular flexibility index (Phi) is 6.55. The van der Waals surface area contributed by atoms with Gasteiger partial charge in [0.2, 0.25) is 0 Å². The predicted molar refractivity (Wildman–Crippen MR) is 135 cm³/mol. The van der Waals surface area contributed by atoms with Gasteiger partial charge in [-0.1, -0.05) is 84.9 Å². The second-order valence-electron chi connectivity index (χ2n) is 8.01. The first kappa shape index (κ1) is 22.3. The van der Waals surface area contributed by atoms with Crippen molar-refractivity contribution in [3.63, 3.8) is 0 Å². The molecular formula is C29H28N2O2. The van der Waals surface area contributed by atoms with E-state index in [1.165, 1.54) is 5.69 Å². The molecule has 4 heteroatoms. The zero-order chi connectivity index (χ0) is 23.3. The lowest BCUT2D eigenvalue weighted by molar-refractivity contribution is -0.384. The molecule has 0 aliphatic rings. The maximum absolute atomic E-state index is 11.3. The van der Waals surface area contributed by atoms with Crippen LogP contribution in [0.4, 0.5) is 11.4 Å². The van der Waals surface area contributed by atoms with Crippen LogP contribution >= 0.6 is 0 Å². The minimum Gasteiger partial charge on any atom is -0.372 e. The van der Waals surface area contributed by atoms with Crippen LogP contribution in [-0.4, -0.2) is 18.0 Å². The Morgan fingerprint density at radius 3 is 1.42 bits per heavy atom. The van der Waals surface area contributed by atoms with Crippen molar-refractivity contribution in [2.45, 2.75) is 19.3 Å². The summed E-state index contributed by atoms with van der Waals surface area (Å²) < 4.78 is 0. The Bertz CT molecular complexity index is 1140. The molecule has 166 valence electrons. The third-order valence-corrected chi connectivity index (χ3v) is 6.35. The molecule has 0 bridgehead atoms. The Morgan fingerprint density at radius 1 is 0.636 bits per heavy atom. The highest BCUT2D eigenvalue weighted by Crippen LogP contribution is 2.45. The summed E-state index contributed by atoms with van der Waals surface area (Å²) in [6.45, 7) is 6.21. The van der Waals surface area contributed by atoms with Crippen molar-refractivity contribution in [3.8, 4) is 0 Å². The second kappa shape index (κ2) is 9.70. The Labute approximate surface area is 195 Å². The Morgan fingerprint density at radius 2 is 1.03 bits per heavy atom. The molecule has 0 aliphatic carbocycles. The molecule has 0 saturated carbocycles. The molecule has 0 heterocycles. The normalized spacial score (nSPS) is 11.2. The zero-order valence-electron chi connectivity index (χ0n) is 19.0. The maximum Gasteiger partial charge on any atom is 0.269 e. The number of hydrogen-bond donors (Lipinski definition) is 0. The Balaban J connectivity index is 2.01. The third-order valence-electron chi connectivity index (χ3n) is 6.35. The molecule has 0 aliphatic heterocycles. The monoisotopic (exact) mass is 436 g/mol. The zero-order valence-corrected chi connectivity index (χ0v) is 19.0. The van der Waals surface area contributed by atoms with Crippen LogP contribution in [0, 0.1) is 10.1 Å². The summed E-state index contributed by atoms with van der Waals surface area (Å²) >= 11 is 0. The van der Waals surface area contributed by atoms with Gasteiger partial charge in [0.1, 0.15) is 0 Å². The van der Waals surface area contributed by atoms with Crippen LogP contribution in [0.25, 0.3) is 0 Å². The highest BCUT2D eigenvalue weighted by Gasteiger charge is 2.38. The fraction of sp³-hybridized carbons (Fsp3) is 0.172. The van der Waals surface area contributed by atoms with Crippen LogP contribution in [0.15, 0.2) is 109 Å². The molecule has 0 amide bonds. The van der Waals surface area contributed by atoms with Crippen molar-refractivity contribution in [3.05, 3.63) is 142 Å². The van der Waals surface area contributed by atoms with E-state index in [1.54, 1.807) is 12.1 Å². The van der Waals surface area contributed by atoms with Gasteiger partial charge in [0.25, 0.3) is 5.69 Å². The molecule has 4 rings (SSSR count). The summed E-state index contributed by atoms with van der Waals surface area (Å²) in [6.07, 6.45) is 0. The van der Waals surface area contributed by atoms with E-state index < -0.39 is 5.41 Å². The van der Waals surface area contributed by atoms with Crippen molar-refractivity contribution in [2.75, 3.05) is 18.0 Å². The molecule has 0 aromatic heterocycles. The van der Waals surface area contributed by atoms with Crippen molar-refractivity contribution in [1.29, 1.82) is 0 Å². The molecule has 4 aromatic carbocycles. The average Bonchev–Trinajstić information content (AvgIpc) is 2.88. The van der Waals surface area contributed by atoms with Gasteiger partial charge in [-0.05, 0) is 48.2 Å². The van der Waals surface area contributed by atoms with Crippen LogP contribution in [0.1, 0.15) is 36.1 Å². The van der Waals surface area contributed by atoms with E-state index >= 15 is 0 Å². The van der Waals surface area contributed by atoms with Gasteiger partial charge in [0.15, 0.2) is 0 Å². The average molecular weight is 437 g/mol. The smallest absolute Gasteiger partial charge is 0.269 e. The molecule has 33 heavy (non-hydrogen) atoms. The molecule has 0 unspecified atom stereocenters. The molecule has 0 radical (unpaired) electrons. The summed E-state index contributed by atoms with van der Waals surface area (Å²) in [5.41, 5.74) is 4.99. The van der Waals surface area contributed by atoms with E-state index in [2.05, 4.69) is 67.3 Å². The molecule has 4 nitrogen and oxygen atoms in total. The molecule has 0 saturated heterocycles. The standard InChI is InChI=1S/C29H28N2O2/c1-3-30(4-2)27-19-15-25(16-20-27)29(23-11-7-5-8-12-23,24-13-9-6-10-14-24)26-17-21-28(22-18-26)31(32)33/h5-22H,3-4H2,1-2H3. The number of nitro benzene ring substituents is 1. The molecule has 0 atom stereocenters. The van der Waals surface area contributed by atoms with Gasteiger partial charge in [-0.2, -0.15) is 0 Å². The summed E-state index contributed by atoms with van der Waals surface area (Å²) in [7, 11) is 0. The number of nitro groups is 1. The lowest BCUT2D eigenvalue weighted by Gasteiger charge is -2.37. The predicted octanol–water partition coefficient (Wildman–Crippen LogP) is 6.82. The molecule has 4 aromatic rings. The number of benzene rings is 4. The molecule has 0 spiro atoms. The van der Waals surface area contributed by atoms with E-state index in [1.807, 2.05) is 48.5 Å². The van der Waals surface area contributed by atoms with Crippen molar-refractivity contribution < 1.29 is 4.92 Å². The van der Waals surface area contributed by atoms with Crippen molar-refractivity contribution >= 4 is 11.4 Å². The SMILES string of the molecule is CCN(CC)c1ccc(C(c2ccccc2)(c2ccccc2)c2ccc([N+](=O)[O-])cc2)cc1. The number of nitrogens with zero attached hydrogens (tertiary/aromatic N) is 2. The van der Waals surface area contributed by atoms with E-state index in [0.717, 1.165) is 35.3 Å². The molecular weight excluding hydrogens is 408 g/mol. The highest BCUT2D eigenvalue weighted by atomic mass is 16.6. The molecule has 0 N–H and O–H groups in total. The largest absolute Gasteiger partial charge is 0.372 e. The quantitative estimate of drug-likeness (QED) is 0.173. The first-order valence-electron chi connectivity index (χ1n) is 11.3. The fourth-order valence-electron chi connectivity index (χ4n) is 4.72. The Hall–Kier alpha value is -3.92. The van der Waals surface area contributed by atoms with Crippen LogP contribution in [0.2, 0.25) is 0 Å². The molecule has 0 fully saturated rings. The van der Waals surface area contributed by atoms with Gasteiger partial charge in [-0.15, -0.1) is 0 Å². The van der Waals surface area contributed by atoms with Crippen LogP contribution in [0.5, 0.6) is 0 Å². The van der Waals surface area contributed by atoms with Gasteiger partial charge in [0, 0.05) is 30.9 Å². The van der Waals surface area contributed by atoms with Crippen LogP contribution in [0.3, 0.4) is 0 Å². The highest BCUT2D eigenvalue weighted by molar-refractivity contribution is 5.62. The number of anilines is 1. The third kappa shape index (κ3) is 4.12. The van der Waals surface area contributed by atoms with Gasteiger partial charge in [-0.25, -0.2) is 0 Å². The van der Waals surface area contributed by atoms with Crippen LogP contribution < -0.4 is 4.90 Å². The minimum absolute atomic E-state index is 0.0886.